The van der Waals surface area contributed by atoms with Crippen molar-refractivity contribution < 1.29 is 23.4 Å². The van der Waals surface area contributed by atoms with Crippen LogP contribution in [0.15, 0.2) is 47.4 Å². The highest BCUT2D eigenvalue weighted by atomic mass is 32.2. The molecule has 8 heteroatoms. The Hall–Kier alpha value is -2.16. The molecular weight excluding hydrogens is 596 g/mol. The molecule has 0 bridgehead atoms. The summed E-state index contributed by atoms with van der Waals surface area (Å²) >= 11 is 0. The van der Waals surface area contributed by atoms with Crippen LogP contribution in [0.1, 0.15) is 99.3 Å². The van der Waals surface area contributed by atoms with Crippen LogP contribution in [0.2, 0.25) is 0 Å². The molecule has 2 aromatic rings. The van der Waals surface area contributed by atoms with Gasteiger partial charge in [0, 0.05) is 11.9 Å². The molecule has 254 valence electrons. The van der Waals surface area contributed by atoms with E-state index in [1.807, 2.05) is 18.2 Å². The lowest BCUT2D eigenvalue weighted by molar-refractivity contribution is -0.253. The number of sulfonamides is 1. The monoisotopic (exact) mass is 652 g/mol. The second-order valence-corrected chi connectivity index (χ2v) is 18.1. The van der Waals surface area contributed by atoms with Crippen LogP contribution in [-0.2, 0) is 10.0 Å². The molecule has 6 rings (SSSR count). The van der Waals surface area contributed by atoms with Crippen LogP contribution in [0.4, 0.5) is 4.79 Å². The molecule has 7 nitrogen and oxygen atoms in total. The van der Waals surface area contributed by atoms with E-state index in [1.165, 1.54) is 6.07 Å². The highest BCUT2D eigenvalue weighted by Gasteiger charge is 2.71. The lowest BCUT2D eigenvalue weighted by atomic mass is 9.35. The van der Waals surface area contributed by atoms with Crippen molar-refractivity contribution >= 4 is 26.8 Å². The third kappa shape index (κ3) is 4.94. The molecule has 0 heterocycles. The van der Waals surface area contributed by atoms with Crippen LogP contribution < -0.4 is 10.0 Å². The first kappa shape index (κ1) is 33.7. The summed E-state index contributed by atoms with van der Waals surface area (Å²) in [6, 6.07) is 11.6. The summed E-state index contributed by atoms with van der Waals surface area (Å²) in [5, 5.41) is 27.1. The third-order valence-corrected chi connectivity index (χ3v) is 16.5. The lowest BCUT2D eigenvalue weighted by Gasteiger charge is -2.70. The highest BCUT2D eigenvalue weighted by Crippen LogP contribution is 2.76. The summed E-state index contributed by atoms with van der Waals surface area (Å²) in [5.74, 6) is 1.55. The zero-order valence-electron chi connectivity index (χ0n) is 28.7. The zero-order chi connectivity index (χ0) is 33.3. The van der Waals surface area contributed by atoms with Crippen molar-refractivity contribution in [2.24, 2.45) is 51.2 Å². The fraction of sp³-hybridized carbons (Fsp3) is 0.711. The van der Waals surface area contributed by atoms with Gasteiger partial charge in [0.05, 0.1) is 17.1 Å². The molecule has 11 atom stereocenters. The Bertz CT molecular complexity index is 1570. The van der Waals surface area contributed by atoms with Crippen molar-refractivity contribution in [1.29, 1.82) is 0 Å². The molecule has 0 aromatic heterocycles. The number of amides is 2. The number of benzene rings is 2. The first-order valence-electron chi connectivity index (χ1n) is 17.8. The molecule has 0 radical (unpaired) electrons. The highest BCUT2D eigenvalue weighted by molar-refractivity contribution is 7.90. The molecule has 2 aromatic carbocycles. The minimum Gasteiger partial charge on any atom is -0.393 e. The van der Waals surface area contributed by atoms with Gasteiger partial charge >= 0.3 is 6.03 Å². The van der Waals surface area contributed by atoms with E-state index in [-0.39, 0.29) is 50.6 Å². The van der Waals surface area contributed by atoms with Gasteiger partial charge in [0.2, 0.25) is 0 Å². The molecule has 0 aliphatic heterocycles. The van der Waals surface area contributed by atoms with Gasteiger partial charge in [-0.3, -0.25) is 0 Å². The summed E-state index contributed by atoms with van der Waals surface area (Å²) in [6.07, 6.45) is 8.22. The van der Waals surface area contributed by atoms with Crippen molar-refractivity contribution in [3.8, 4) is 0 Å². The molecule has 46 heavy (non-hydrogen) atoms. The summed E-state index contributed by atoms with van der Waals surface area (Å²) < 4.78 is 28.5. The van der Waals surface area contributed by atoms with Crippen LogP contribution in [0.3, 0.4) is 0 Å². The Morgan fingerprint density at radius 3 is 2.35 bits per heavy atom. The van der Waals surface area contributed by atoms with Crippen molar-refractivity contribution in [3.05, 3.63) is 42.5 Å². The fourth-order valence-corrected chi connectivity index (χ4v) is 13.0. The third-order valence-electron chi connectivity index (χ3n) is 15.1. The van der Waals surface area contributed by atoms with Gasteiger partial charge < -0.3 is 15.5 Å². The maximum atomic E-state index is 13.1. The predicted octanol–water partition coefficient (Wildman–Crippen LogP) is 7.26. The van der Waals surface area contributed by atoms with Crippen molar-refractivity contribution in [3.63, 3.8) is 0 Å². The number of fused-ring (bicyclic) bond motifs is 6. The summed E-state index contributed by atoms with van der Waals surface area (Å²) in [4.78, 5) is 12.9. The Balaban J connectivity index is 1.14. The Kier molecular flexibility index (Phi) is 8.63. The first-order chi connectivity index (χ1) is 21.6. The predicted molar refractivity (Wildman–Crippen MR) is 182 cm³/mol. The van der Waals surface area contributed by atoms with E-state index in [9.17, 15) is 23.4 Å². The van der Waals surface area contributed by atoms with E-state index < -0.39 is 16.1 Å². The van der Waals surface area contributed by atoms with Gasteiger partial charge in [0.15, 0.2) is 0 Å². The molecule has 4 N–H and O–H groups in total. The van der Waals surface area contributed by atoms with Gasteiger partial charge in [-0.25, -0.2) is 17.9 Å². The number of hydrogen-bond acceptors (Lipinski definition) is 5. The van der Waals surface area contributed by atoms with Crippen LogP contribution >= 0.6 is 0 Å². The van der Waals surface area contributed by atoms with Gasteiger partial charge in [-0.2, -0.15) is 0 Å². The number of carbonyl (C=O) groups is 1. The number of urea groups is 1. The number of carbonyl (C=O) groups excluding carboxylic acids is 1. The topological polar surface area (TPSA) is 116 Å². The summed E-state index contributed by atoms with van der Waals surface area (Å²) in [5.41, 5.74) is 0.254. The van der Waals surface area contributed by atoms with Gasteiger partial charge in [-0.05, 0) is 114 Å². The minimum absolute atomic E-state index is 0.0358. The van der Waals surface area contributed by atoms with E-state index >= 15 is 0 Å². The maximum Gasteiger partial charge on any atom is 0.328 e. The summed E-state index contributed by atoms with van der Waals surface area (Å²) in [6.45, 7) is 14.8. The lowest BCUT2D eigenvalue weighted by Crippen LogP contribution is -2.67. The standard InChI is InChI=1S/C38H56N2O5S/c1-7-27-30-23-26(41)15-18-36(30,4)38(6)21-20-37(5)29(32(38)33(27)42)16-19-35(37,3)24(2)17-22-39-34(43)40-46(44,45)31-14-10-12-25-11-8-9-13-28(25)31/h8-14,24,26-27,29-30,32-33,41-42H,7,15-23H2,1-6H3,(H2,39,40,43)/t24-,26-,27-,29+,30+,32?,33-,35-,36+,37+,38+/m1/s1. The normalized spacial score (nSPS) is 41.2. The van der Waals surface area contributed by atoms with Gasteiger partial charge in [-0.15, -0.1) is 0 Å². The molecule has 4 aliphatic rings. The molecule has 4 saturated carbocycles. The Morgan fingerprint density at radius 1 is 0.913 bits per heavy atom. The number of nitrogens with one attached hydrogen (secondary N) is 2. The quantitative estimate of drug-likeness (QED) is 0.251. The van der Waals surface area contributed by atoms with Crippen LogP contribution in [-0.4, -0.2) is 43.4 Å². The van der Waals surface area contributed by atoms with Crippen LogP contribution in [0, 0.1) is 51.2 Å². The van der Waals surface area contributed by atoms with Gasteiger partial charge in [0.25, 0.3) is 10.0 Å². The molecule has 4 fully saturated rings. The minimum atomic E-state index is -4.04. The van der Waals surface area contributed by atoms with E-state index in [1.54, 1.807) is 18.2 Å². The van der Waals surface area contributed by atoms with Crippen molar-refractivity contribution in [2.45, 2.75) is 116 Å². The molecular formula is C38H56N2O5S. The average molecular weight is 653 g/mol. The van der Waals surface area contributed by atoms with Crippen molar-refractivity contribution in [1.82, 2.24) is 10.0 Å². The largest absolute Gasteiger partial charge is 0.393 e. The fourth-order valence-electron chi connectivity index (χ4n) is 11.8. The molecule has 1 unspecified atom stereocenters. The van der Waals surface area contributed by atoms with Crippen molar-refractivity contribution in [2.75, 3.05) is 6.54 Å². The second kappa shape index (κ2) is 11.8. The Morgan fingerprint density at radius 2 is 1.61 bits per heavy atom. The molecule has 4 aliphatic carbocycles. The zero-order valence-corrected chi connectivity index (χ0v) is 29.5. The van der Waals surface area contributed by atoms with E-state index in [0.29, 0.717) is 29.7 Å². The molecule has 0 spiro atoms. The second-order valence-electron chi connectivity index (χ2n) is 16.5. The SMILES string of the molecule is CC[C@H]1[C@@H](O)C2[C@@H]3CC[C@](C)([C@H](C)CCNC(=O)NS(=O)(=O)c4cccc5ccccc45)[C@@]3(C)CC[C@]2(C)[C@@]2(C)CC[C@@H](O)C[C@@H]12. The molecule has 2 amide bonds. The smallest absolute Gasteiger partial charge is 0.328 e. The molecule has 0 saturated heterocycles. The summed E-state index contributed by atoms with van der Waals surface area (Å²) in [7, 11) is -4.04. The Labute approximate surface area is 276 Å². The van der Waals surface area contributed by atoms with E-state index in [2.05, 4.69) is 51.6 Å². The number of rotatable bonds is 7. The number of aliphatic hydroxyl groups is 2. The number of aliphatic hydroxyl groups excluding tert-OH is 2. The van der Waals surface area contributed by atoms with Gasteiger partial charge in [0.1, 0.15) is 0 Å². The van der Waals surface area contributed by atoms with Gasteiger partial charge in [-0.1, -0.05) is 84.4 Å². The maximum absolute atomic E-state index is 13.1. The van der Waals surface area contributed by atoms with Crippen LogP contribution in [0.5, 0.6) is 0 Å². The number of hydrogen-bond donors (Lipinski definition) is 4. The van der Waals surface area contributed by atoms with Crippen LogP contribution in [0.25, 0.3) is 10.8 Å². The van der Waals surface area contributed by atoms with E-state index in [4.69, 9.17) is 0 Å². The first-order valence-corrected chi connectivity index (χ1v) is 19.3. The van der Waals surface area contributed by atoms with E-state index in [0.717, 1.165) is 63.2 Å². The average Bonchev–Trinajstić information content (AvgIpc) is 3.29.